The lowest BCUT2D eigenvalue weighted by atomic mass is 10.2. The van der Waals surface area contributed by atoms with Gasteiger partial charge in [-0.05, 0) is 24.6 Å². The van der Waals surface area contributed by atoms with Gasteiger partial charge in [0.2, 0.25) is 5.95 Å². The summed E-state index contributed by atoms with van der Waals surface area (Å²) < 4.78 is 0. The van der Waals surface area contributed by atoms with Crippen molar-refractivity contribution in [3.05, 3.63) is 35.9 Å². The van der Waals surface area contributed by atoms with E-state index in [4.69, 9.17) is 11.6 Å². The Bertz CT molecular complexity index is 554. The summed E-state index contributed by atoms with van der Waals surface area (Å²) in [5.41, 5.74) is 10.3. The van der Waals surface area contributed by atoms with Crippen LogP contribution >= 0.6 is 0 Å². The van der Waals surface area contributed by atoms with E-state index in [0.29, 0.717) is 11.6 Å². The van der Waals surface area contributed by atoms with Gasteiger partial charge in [-0.3, -0.25) is 0 Å². The zero-order valence-electron chi connectivity index (χ0n) is 10.4. The molecular formula is C12H16N6. The minimum absolute atomic E-state index is 0.181. The highest BCUT2D eigenvalue weighted by atomic mass is 15.3. The fourth-order valence-corrected chi connectivity index (χ4v) is 1.67. The predicted molar refractivity (Wildman–Crippen MR) is 73.5 cm³/mol. The summed E-state index contributed by atoms with van der Waals surface area (Å²) in [6, 6.07) is 9.83. The van der Waals surface area contributed by atoms with Crippen LogP contribution in [0.5, 0.6) is 0 Å². The highest BCUT2D eigenvalue weighted by molar-refractivity contribution is 5.63. The molecule has 0 bridgehead atoms. The number of anilines is 4. The Balaban J connectivity index is 2.39. The van der Waals surface area contributed by atoms with Crippen molar-refractivity contribution >= 4 is 23.3 Å². The molecule has 0 spiro atoms. The molecule has 6 heteroatoms. The van der Waals surface area contributed by atoms with Crippen LogP contribution in [0, 0.1) is 6.92 Å². The fourth-order valence-electron chi connectivity index (χ4n) is 1.67. The number of hydrazine groups is 1. The van der Waals surface area contributed by atoms with E-state index in [1.807, 2.05) is 37.1 Å². The van der Waals surface area contributed by atoms with Crippen LogP contribution in [0.15, 0.2) is 30.3 Å². The topological polar surface area (TPSA) is 93.1 Å². The van der Waals surface area contributed by atoms with Gasteiger partial charge in [0.25, 0.3) is 0 Å². The lowest BCUT2D eigenvalue weighted by Crippen LogP contribution is -2.15. The maximum atomic E-state index is 5.64. The van der Waals surface area contributed by atoms with Gasteiger partial charge in [0.1, 0.15) is 11.6 Å². The standard InChI is InChI=1S/C12H16N6/c1-8-4-3-5-9(6-8)18(2)11-7-10(17-14)15-12(13)16-11/h3-7H,14H2,1-2H3,(H3,13,15,16,17). The molecule has 0 atom stereocenters. The monoisotopic (exact) mass is 244 g/mol. The molecule has 2 rings (SSSR count). The Morgan fingerprint density at radius 3 is 2.67 bits per heavy atom. The van der Waals surface area contributed by atoms with Gasteiger partial charge in [0, 0.05) is 18.8 Å². The summed E-state index contributed by atoms with van der Waals surface area (Å²) >= 11 is 0. The van der Waals surface area contributed by atoms with Crippen LogP contribution in [0.3, 0.4) is 0 Å². The number of benzene rings is 1. The summed E-state index contributed by atoms with van der Waals surface area (Å²) in [4.78, 5) is 10.1. The first-order chi connectivity index (χ1) is 8.60. The van der Waals surface area contributed by atoms with Gasteiger partial charge < -0.3 is 16.1 Å². The van der Waals surface area contributed by atoms with Crippen molar-refractivity contribution < 1.29 is 0 Å². The number of hydrogen-bond acceptors (Lipinski definition) is 6. The van der Waals surface area contributed by atoms with Crippen molar-refractivity contribution in [2.45, 2.75) is 6.92 Å². The first-order valence-electron chi connectivity index (χ1n) is 5.51. The number of aromatic nitrogens is 2. The zero-order chi connectivity index (χ0) is 13.1. The molecule has 1 aromatic carbocycles. The van der Waals surface area contributed by atoms with Crippen molar-refractivity contribution in [2.24, 2.45) is 5.84 Å². The zero-order valence-corrected chi connectivity index (χ0v) is 10.4. The Morgan fingerprint density at radius 2 is 2.00 bits per heavy atom. The van der Waals surface area contributed by atoms with E-state index >= 15 is 0 Å². The van der Waals surface area contributed by atoms with Gasteiger partial charge in [-0.15, -0.1) is 0 Å². The molecule has 6 nitrogen and oxygen atoms in total. The molecular weight excluding hydrogens is 228 g/mol. The third kappa shape index (κ3) is 2.49. The van der Waals surface area contributed by atoms with Gasteiger partial charge in [0.05, 0.1) is 0 Å². The van der Waals surface area contributed by atoms with Crippen molar-refractivity contribution in [2.75, 3.05) is 23.1 Å². The second kappa shape index (κ2) is 4.89. The molecule has 0 aliphatic rings. The second-order valence-electron chi connectivity index (χ2n) is 4.01. The third-order valence-electron chi connectivity index (χ3n) is 2.61. The maximum Gasteiger partial charge on any atom is 0.224 e. The van der Waals surface area contributed by atoms with E-state index in [1.54, 1.807) is 6.07 Å². The lowest BCUT2D eigenvalue weighted by molar-refractivity contribution is 1.08. The largest absolute Gasteiger partial charge is 0.368 e. The lowest BCUT2D eigenvalue weighted by Gasteiger charge is -2.19. The number of nitrogens with two attached hydrogens (primary N) is 2. The highest BCUT2D eigenvalue weighted by Gasteiger charge is 2.08. The van der Waals surface area contributed by atoms with Crippen molar-refractivity contribution in [3.8, 4) is 0 Å². The smallest absolute Gasteiger partial charge is 0.224 e. The van der Waals surface area contributed by atoms with Crippen LogP contribution in [-0.4, -0.2) is 17.0 Å². The molecule has 1 aromatic heterocycles. The van der Waals surface area contributed by atoms with Crippen LogP contribution in [0.2, 0.25) is 0 Å². The first-order valence-corrected chi connectivity index (χ1v) is 5.51. The number of rotatable bonds is 3. The molecule has 0 radical (unpaired) electrons. The summed E-state index contributed by atoms with van der Waals surface area (Å²) in [6.07, 6.45) is 0. The maximum absolute atomic E-state index is 5.64. The summed E-state index contributed by atoms with van der Waals surface area (Å²) in [5.74, 6) is 6.68. The van der Waals surface area contributed by atoms with E-state index in [-0.39, 0.29) is 5.95 Å². The van der Waals surface area contributed by atoms with Crippen LogP contribution in [-0.2, 0) is 0 Å². The molecule has 94 valence electrons. The van der Waals surface area contributed by atoms with Crippen molar-refractivity contribution in [3.63, 3.8) is 0 Å². The SMILES string of the molecule is Cc1cccc(N(C)c2cc(NN)nc(N)n2)c1. The molecule has 0 amide bonds. The normalized spacial score (nSPS) is 10.2. The van der Waals surface area contributed by atoms with Gasteiger partial charge in [-0.1, -0.05) is 12.1 Å². The van der Waals surface area contributed by atoms with E-state index in [9.17, 15) is 0 Å². The molecule has 2 aromatic rings. The highest BCUT2D eigenvalue weighted by Crippen LogP contribution is 2.24. The molecule has 0 aliphatic carbocycles. The Labute approximate surface area is 106 Å². The number of nitrogens with one attached hydrogen (secondary N) is 1. The average molecular weight is 244 g/mol. The van der Waals surface area contributed by atoms with Crippen LogP contribution in [0.25, 0.3) is 0 Å². The van der Waals surface area contributed by atoms with Gasteiger partial charge in [-0.2, -0.15) is 9.97 Å². The molecule has 1 heterocycles. The number of nitrogens with zero attached hydrogens (tertiary/aromatic N) is 3. The summed E-state index contributed by atoms with van der Waals surface area (Å²) in [6.45, 7) is 2.04. The number of hydrogen-bond donors (Lipinski definition) is 3. The van der Waals surface area contributed by atoms with Crippen LogP contribution < -0.4 is 21.9 Å². The molecule has 0 saturated heterocycles. The third-order valence-corrected chi connectivity index (χ3v) is 2.61. The Morgan fingerprint density at radius 1 is 1.22 bits per heavy atom. The van der Waals surface area contributed by atoms with Crippen molar-refractivity contribution in [1.82, 2.24) is 9.97 Å². The Hall–Kier alpha value is -2.34. The van der Waals surface area contributed by atoms with E-state index < -0.39 is 0 Å². The molecule has 0 saturated carbocycles. The van der Waals surface area contributed by atoms with Crippen LogP contribution in [0.1, 0.15) is 5.56 Å². The number of aryl methyl sites for hydroxylation is 1. The number of nitrogen functional groups attached to an aromatic ring is 2. The van der Waals surface area contributed by atoms with Gasteiger partial charge in [-0.25, -0.2) is 5.84 Å². The summed E-state index contributed by atoms with van der Waals surface area (Å²) in [7, 11) is 1.91. The quantitative estimate of drug-likeness (QED) is 0.558. The van der Waals surface area contributed by atoms with E-state index in [0.717, 1.165) is 5.69 Å². The summed E-state index contributed by atoms with van der Waals surface area (Å²) in [5, 5.41) is 0. The fraction of sp³-hybridized carbons (Fsp3) is 0.167. The molecule has 0 fully saturated rings. The second-order valence-corrected chi connectivity index (χ2v) is 4.01. The van der Waals surface area contributed by atoms with Crippen LogP contribution in [0.4, 0.5) is 23.3 Å². The first kappa shape index (κ1) is 12.1. The van der Waals surface area contributed by atoms with Gasteiger partial charge >= 0.3 is 0 Å². The minimum Gasteiger partial charge on any atom is -0.368 e. The molecule has 18 heavy (non-hydrogen) atoms. The Kier molecular flexibility index (Phi) is 3.29. The van der Waals surface area contributed by atoms with Gasteiger partial charge in [0.15, 0.2) is 0 Å². The minimum atomic E-state index is 0.181. The molecule has 0 unspecified atom stereocenters. The van der Waals surface area contributed by atoms with E-state index in [2.05, 4.69) is 21.5 Å². The average Bonchev–Trinajstić information content (AvgIpc) is 2.37. The predicted octanol–water partition coefficient (Wildman–Crippen LogP) is 1.42. The molecule has 5 N–H and O–H groups in total. The van der Waals surface area contributed by atoms with E-state index in [1.165, 1.54) is 5.56 Å². The molecule has 0 aliphatic heterocycles. The van der Waals surface area contributed by atoms with Crippen molar-refractivity contribution in [1.29, 1.82) is 0 Å².